The minimum absolute atomic E-state index is 0. The number of likely N-dealkylation sites (tertiary alicyclic amines) is 1. The lowest BCUT2D eigenvalue weighted by atomic mass is 9.94. The van der Waals surface area contributed by atoms with Gasteiger partial charge in [-0.25, -0.2) is 0 Å². The van der Waals surface area contributed by atoms with Crippen molar-refractivity contribution >= 4 is 49.1 Å². The molecular formula is C18H35Cl3N4O3. The van der Waals surface area contributed by atoms with Gasteiger partial charge in [-0.2, -0.15) is 0 Å². The molecular weight excluding hydrogens is 427 g/mol. The van der Waals surface area contributed by atoms with Crippen LogP contribution in [0.3, 0.4) is 0 Å². The van der Waals surface area contributed by atoms with E-state index in [0.717, 1.165) is 71.0 Å². The molecule has 0 bridgehead atoms. The molecule has 7 nitrogen and oxygen atoms in total. The number of nitrogens with zero attached hydrogens (tertiary/aromatic N) is 3. The normalized spacial score (nSPS) is 22.7. The van der Waals surface area contributed by atoms with E-state index in [-0.39, 0.29) is 49.7 Å². The minimum Gasteiger partial charge on any atom is -0.480 e. The Morgan fingerprint density at radius 1 is 1.00 bits per heavy atom. The van der Waals surface area contributed by atoms with Gasteiger partial charge in [0.25, 0.3) is 0 Å². The third kappa shape index (κ3) is 8.20. The highest BCUT2D eigenvalue weighted by Gasteiger charge is 2.31. The molecule has 3 heterocycles. The predicted octanol–water partition coefficient (Wildman–Crippen LogP) is 1.33. The maximum Gasteiger partial charge on any atom is 0.317 e. The lowest BCUT2D eigenvalue weighted by molar-refractivity contribution is -0.139. The van der Waals surface area contributed by atoms with Gasteiger partial charge in [0.2, 0.25) is 5.91 Å². The summed E-state index contributed by atoms with van der Waals surface area (Å²) in [7, 11) is 0. The molecule has 166 valence electrons. The SMILES string of the molecule is Cl.Cl.Cl.O=C(O)CN1CCC(N2CCN(CCC3CCNCC3)C(=O)C2)CC1. The summed E-state index contributed by atoms with van der Waals surface area (Å²) in [5.74, 6) is 0.287. The first-order chi connectivity index (χ1) is 12.1. The molecule has 28 heavy (non-hydrogen) atoms. The Bertz CT molecular complexity index is 473. The van der Waals surface area contributed by atoms with Crippen molar-refractivity contribution in [2.45, 2.75) is 38.1 Å². The van der Waals surface area contributed by atoms with Gasteiger partial charge in [-0.05, 0) is 51.1 Å². The quantitative estimate of drug-likeness (QED) is 0.621. The fourth-order valence-electron chi connectivity index (χ4n) is 4.42. The standard InChI is InChI=1S/C18H32N4O3.3ClH/c23-17-13-22(16-4-8-20(9-5-16)14-18(24)25)12-11-21(17)10-3-15-1-6-19-7-2-15;;;/h15-16,19H,1-14H2,(H,24,25);3*1H. The van der Waals surface area contributed by atoms with Crippen molar-refractivity contribution in [2.24, 2.45) is 5.92 Å². The first kappa shape index (κ1) is 27.7. The third-order valence-corrected chi connectivity index (χ3v) is 6.05. The number of rotatable bonds is 6. The number of amides is 1. The van der Waals surface area contributed by atoms with Gasteiger partial charge in [-0.1, -0.05) is 0 Å². The summed E-state index contributed by atoms with van der Waals surface area (Å²) in [5.41, 5.74) is 0. The van der Waals surface area contributed by atoms with Crippen LogP contribution in [-0.4, -0.2) is 96.6 Å². The lowest BCUT2D eigenvalue weighted by Gasteiger charge is -2.42. The van der Waals surface area contributed by atoms with Crippen molar-refractivity contribution in [3.8, 4) is 0 Å². The van der Waals surface area contributed by atoms with Gasteiger partial charge >= 0.3 is 5.97 Å². The summed E-state index contributed by atoms with van der Waals surface area (Å²) in [6, 6.07) is 0.431. The van der Waals surface area contributed by atoms with Crippen molar-refractivity contribution in [3.63, 3.8) is 0 Å². The van der Waals surface area contributed by atoms with Gasteiger partial charge in [-0.15, -0.1) is 37.2 Å². The molecule has 3 rings (SSSR count). The molecule has 0 saturated carbocycles. The molecule has 10 heteroatoms. The molecule has 0 aromatic carbocycles. The van der Waals surface area contributed by atoms with Crippen molar-refractivity contribution in [2.75, 3.05) is 58.9 Å². The molecule has 1 amide bonds. The number of hydrogen-bond acceptors (Lipinski definition) is 5. The van der Waals surface area contributed by atoms with Crippen LogP contribution in [-0.2, 0) is 9.59 Å². The van der Waals surface area contributed by atoms with Gasteiger partial charge in [0, 0.05) is 38.8 Å². The number of hydrogen-bond donors (Lipinski definition) is 2. The molecule has 0 aromatic rings. The predicted molar refractivity (Wildman–Crippen MR) is 117 cm³/mol. The lowest BCUT2D eigenvalue weighted by Crippen LogP contribution is -2.56. The number of aliphatic carboxylic acids is 1. The molecule has 0 aromatic heterocycles. The summed E-state index contributed by atoms with van der Waals surface area (Å²) in [5, 5.41) is 12.3. The van der Waals surface area contributed by atoms with Gasteiger partial charge in [0.1, 0.15) is 0 Å². The van der Waals surface area contributed by atoms with Crippen LogP contribution >= 0.6 is 37.2 Å². The van der Waals surface area contributed by atoms with Gasteiger partial charge < -0.3 is 15.3 Å². The third-order valence-electron chi connectivity index (χ3n) is 6.05. The second-order valence-electron chi connectivity index (χ2n) is 7.73. The molecule has 0 spiro atoms. The number of halogens is 3. The summed E-state index contributed by atoms with van der Waals surface area (Å²) in [6.45, 7) is 7.27. The maximum absolute atomic E-state index is 12.5. The summed E-state index contributed by atoms with van der Waals surface area (Å²) < 4.78 is 0. The maximum atomic E-state index is 12.5. The Labute approximate surface area is 186 Å². The number of piperidine rings is 2. The van der Waals surface area contributed by atoms with E-state index in [1.54, 1.807) is 0 Å². The largest absolute Gasteiger partial charge is 0.480 e. The topological polar surface area (TPSA) is 76.1 Å². The molecule has 0 radical (unpaired) electrons. The fraction of sp³-hybridized carbons (Fsp3) is 0.889. The highest BCUT2D eigenvalue weighted by atomic mass is 35.5. The number of piperazine rings is 1. The summed E-state index contributed by atoms with van der Waals surface area (Å²) in [6.07, 6.45) is 5.55. The number of carboxylic acids is 1. The Balaban J connectivity index is 0.00000243. The van der Waals surface area contributed by atoms with E-state index in [1.165, 1.54) is 12.8 Å². The second-order valence-corrected chi connectivity index (χ2v) is 7.73. The van der Waals surface area contributed by atoms with Crippen LogP contribution in [0.15, 0.2) is 0 Å². The molecule has 3 fully saturated rings. The van der Waals surface area contributed by atoms with Crippen molar-refractivity contribution in [1.82, 2.24) is 20.0 Å². The van der Waals surface area contributed by atoms with E-state index in [9.17, 15) is 9.59 Å². The first-order valence-electron chi connectivity index (χ1n) is 9.78. The van der Waals surface area contributed by atoms with Crippen LogP contribution in [0.25, 0.3) is 0 Å². The number of carbonyl (C=O) groups is 2. The smallest absolute Gasteiger partial charge is 0.317 e. The highest BCUT2D eigenvalue weighted by molar-refractivity contribution is 5.86. The van der Waals surface area contributed by atoms with Crippen LogP contribution in [0.2, 0.25) is 0 Å². The molecule has 3 saturated heterocycles. The van der Waals surface area contributed by atoms with Crippen LogP contribution < -0.4 is 5.32 Å². The monoisotopic (exact) mass is 460 g/mol. The number of carboxylic acid groups (broad SMARTS) is 1. The summed E-state index contributed by atoms with van der Waals surface area (Å²) in [4.78, 5) is 29.7. The minimum atomic E-state index is -0.754. The Hall–Kier alpha value is -0.310. The zero-order valence-corrected chi connectivity index (χ0v) is 18.8. The van der Waals surface area contributed by atoms with Crippen molar-refractivity contribution in [3.05, 3.63) is 0 Å². The highest BCUT2D eigenvalue weighted by Crippen LogP contribution is 2.20. The zero-order valence-electron chi connectivity index (χ0n) is 16.4. The molecule has 2 N–H and O–H groups in total. The van der Waals surface area contributed by atoms with E-state index < -0.39 is 5.97 Å². The van der Waals surface area contributed by atoms with Crippen molar-refractivity contribution in [1.29, 1.82) is 0 Å². The van der Waals surface area contributed by atoms with Crippen LogP contribution in [0, 0.1) is 5.92 Å². The average molecular weight is 462 g/mol. The van der Waals surface area contributed by atoms with Gasteiger partial charge in [-0.3, -0.25) is 19.4 Å². The summed E-state index contributed by atoms with van der Waals surface area (Å²) >= 11 is 0. The molecule has 3 aliphatic rings. The molecule has 0 atom stereocenters. The second kappa shape index (κ2) is 13.8. The number of carbonyl (C=O) groups excluding carboxylic acids is 1. The van der Waals surface area contributed by atoms with E-state index in [4.69, 9.17) is 5.11 Å². The Kier molecular flexibility index (Phi) is 13.7. The molecule has 3 aliphatic heterocycles. The average Bonchev–Trinajstić information content (AvgIpc) is 2.62. The van der Waals surface area contributed by atoms with Crippen molar-refractivity contribution < 1.29 is 14.7 Å². The zero-order chi connectivity index (χ0) is 17.6. The van der Waals surface area contributed by atoms with Crippen LogP contribution in [0.1, 0.15) is 32.1 Å². The van der Waals surface area contributed by atoms with E-state index >= 15 is 0 Å². The first-order valence-corrected chi connectivity index (χ1v) is 9.78. The van der Waals surface area contributed by atoms with Gasteiger partial charge in [0.15, 0.2) is 0 Å². The fourth-order valence-corrected chi connectivity index (χ4v) is 4.42. The Morgan fingerprint density at radius 3 is 2.21 bits per heavy atom. The van der Waals surface area contributed by atoms with E-state index in [0.29, 0.717) is 12.6 Å². The van der Waals surface area contributed by atoms with Crippen LogP contribution in [0.5, 0.6) is 0 Å². The van der Waals surface area contributed by atoms with Gasteiger partial charge in [0.05, 0.1) is 13.1 Å². The Morgan fingerprint density at radius 2 is 1.64 bits per heavy atom. The van der Waals surface area contributed by atoms with E-state index in [2.05, 4.69) is 15.1 Å². The molecule has 0 unspecified atom stereocenters. The number of nitrogens with one attached hydrogen (secondary N) is 1. The van der Waals surface area contributed by atoms with Crippen LogP contribution in [0.4, 0.5) is 0 Å². The van der Waals surface area contributed by atoms with E-state index in [1.807, 2.05) is 4.90 Å². The molecule has 0 aliphatic carbocycles.